The van der Waals surface area contributed by atoms with Crippen molar-refractivity contribution in [1.82, 2.24) is 61.1 Å². The number of fused-ring (bicyclic) bond motifs is 4. The van der Waals surface area contributed by atoms with Crippen LogP contribution in [0.2, 0.25) is 0 Å². The van der Waals surface area contributed by atoms with Gasteiger partial charge < -0.3 is 45.3 Å². The van der Waals surface area contributed by atoms with E-state index in [1.165, 1.54) is 11.1 Å². The first-order chi connectivity index (χ1) is 37.8. The largest absolute Gasteiger partial charge is 0.444 e. The number of hydrogen-bond acceptors (Lipinski definition) is 13. The third-order valence-corrected chi connectivity index (χ3v) is 16.5. The van der Waals surface area contributed by atoms with Gasteiger partial charge in [0.15, 0.2) is 0 Å². The zero-order valence-corrected chi connectivity index (χ0v) is 46.5. The molecule has 0 spiro atoms. The molecule has 4 aromatic rings. The zero-order chi connectivity index (χ0) is 55.6. The second kappa shape index (κ2) is 23.4. The van der Waals surface area contributed by atoms with Gasteiger partial charge in [-0.2, -0.15) is 0 Å². The second-order valence-corrected chi connectivity index (χ2v) is 24.5. The Morgan fingerprint density at radius 1 is 0.519 bits per heavy atom. The van der Waals surface area contributed by atoms with Crippen molar-refractivity contribution in [3.05, 3.63) is 94.6 Å². The lowest BCUT2D eigenvalue weighted by Gasteiger charge is -2.38. The number of carbonyl (C=O) groups is 6. The number of aromatic nitrogens is 6. The van der Waals surface area contributed by atoms with E-state index in [9.17, 15) is 28.8 Å². The van der Waals surface area contributed by atoms with Crippen molar-refractivity contribution in [2.75, 3.05) is 0 Å². The van der Waals surface area contributed by atoms with Gasteiger partial charge in [0.05, 0.1) is 49.8 Å². The van der Waals surface area contributed by atoms with Crippen LogP contribution in [0.15, 0.2) is 60.9 Å². The molecule has 2 aliphatic carbocycles. The number of rotatable bonds is 12. The number of amides is 6. The van der Waals surface area contributed by atoms with Gasteiger partial charge >= 0.3 is 12.2 Å². The topological polar surface area (TPSA) is 246 Å². The Kier molecular flexibility index (Phi) is 16.4. The van der Waals surface area contributed by atoms with Crippen molar-refractivity contribution in [3.8, 4) is 0 Å². The van der Waals surface area contributed by atoms with E-state index in [1.54, 1.807) is 60.7 Å². The van der Waals surface area contributed by atoms with Crippen LogP contribution in [-0.4, -0.2) is 123 Å². The van der Waals surface area contributed by atoms with E-state index in [1.807, 2.05) is 36.7 Å². The van der Waals surface area contributed by atoms with Crippen LogP contribution in [0.3, 0.4) is 0 Å². The first-order valence-electron chi connectivity index (χ1n) is 28.6. The molecule has 0 saturated carbocycles. The smallest absolute Gasteiger partial charge is 0.408 e. The maximum Gasteiger partial charge on any atom is 0.408 e. The Balaban J connectivity index is 0.792. The number of benzene rings is 2. The highest BCUT2D eigenvalue weighted by atomic mass is 16.6. The van der Waals surface area contributed by atoms with E-state index in [-0.39, 0.29) is 73.1 Å². The molecule has 6 amide bonds. The van der Waals surface area contributed by atoms with Crippen LogP contribution >= 0.6 is 0 Å². The molecule has 6 aliphatic rings. The van der Waals surface area contributed by atoms with E-state index >= 15 is 0 Å². The number of aryl methyl sites for hydroxylation is 2. The van der Waals surface area contributed by atoms with Gasteiger partial charge in [0.1, 0.15) is 46.8 Å². The van der Waals surface area contributed by atoms with Crippen molar-refractivity contribution in [1.29, 1.82) is 0 Å². The molecule has 10 rings (SSSR count). The van der Waals surface area contributed by atoms with Crippen LogP contribution < -0.4 is 21.3 Å². The summed E-state index contributed by atoms with van der Waals surface area (Å²) in [6.07, 6.45) is 12.7. The predicted molar refractivity (Wildman–Crippen MR) is 288 cm³/mol. The number of carbonyl (C=O) groups excluding carboxylic acids is 6. The summed E-state index contributed by atoms with van der Waals surface area (Å²) in [5.41, 5.74) is 4.31. The molecule has 21 heteroatoms. The molecule has 21 nitrogen and oxygen atoms in total. The highest BCUT2D eigenvalue weighted by molar-refractivity contribution is 5.93. The van der Waals surface area contributed by atoms with Crippen LogP contribution in [0.5, 0.6) is 0 Å². The molecule has 0 radical (unpaired) electrons. The number of ether oxygens (including phenoxy) is 3. The van der Waals surface area contributed by atoms with Gasteiger partial charge in [-0.1, -0.05) is 59.0 Å². The fourth-order valence-electron chi connectivity index (χ4n) is 13.0. The van der Waals surface area contributed by atoms with Crippen molar-refractivity contribution >= 4 is 35.8 Å². The summed E-state index contributed by atoms with van der Waals surface area (Å²) in [6.45, 7) is 10.9. The normalized spacial score (nSPS) is 27.2. The summed E-state index contributed by atoms with van der Waals surface area (Å²) in [7, 11) is 0. The summed E-state index contributed by atoms with van der Waals surface area (Å²) < 4.78 is 21.0. The number of alkyl carbamates (subject to hydrolysis) is 2. The Hall–Kier alpha value is -6.90. The van der Waals surface area contributed by atoms with E-state index in [4.69, 9.17) is 14.2 Å². The lowest BCUT2D eigenvalue weighted by molar-refractivity contribution is -0.143. The van der Waals surface area contributed by atoms with Crippen LogP contribution in [-0.2, 0) is 59.4 Å². The van der Waals surface area contributed by atoms with Gasteiger partial charge in [-0.3, -0.25) is 19.2 Å². The molecule has 4 fully saturated rings. The Bertz CT molecular complexity index is 2680. The highest BCUT2D eigenvalue weighted by Crippen LogP contribution is 2.39. The molecule has 79 heavy (non-hydrogen) atoms. The van der Waals surface area contributed by atoms with Gasteiger partial charge in [-0.05, 0) is 167 Å². The number of hydrogen-bond donors (Lipinski definition) is 4. The molecular formula is C58H78N12O9. The SMILES string of the molecule is CC(C)(C)OC(=O)N[C@H]1CCC(n2cc(COCc3cn(C4CC[C@H](NC(=O)OC(C)(C)C)C(=O)N5[C@H](CC[C@H]5C(=O)N[C@@H]5CCCc6ccccc65)C4)nn3)nn2)C[C@H]2CC[C@@H](C(=O)N[C@@H]3CCCc4ccccc43)N2C1=O. The minimum atomic E-state index is -0.922. The molecule has 2 unspecified atom stereocenters. The van der Waals surface area contributed by atoms with E-state index in [0.29, 0.717) is 75.6 Å². The zero-order valence-electron chi connectivity index (χ0n) is 46.5. The van der Waals surface area contributed by atoms with Gasteiger partial charge in [0.2, 0.25) is 23.6 Å². The maximum atomic E-state index is 14.5. The maximum absolute atomic E-state index is 14.5. The highest BCUT2D eigenvalue weighted by Gasteiger charge is 2.48. The summed E-state index contributed by atoms with van der Waals surface area (Å²) >= 11 is 0. The second-order valence-electron chi connectivity index (χ2n) is 24.5. The number of nitrogens with one attached hydrogen (secondary N) is 4. The average molecular weight is 1090 g/mol. The minimum absolute atomic E-state index is 0.124. The third-order valence-electron chi connectivity index (χ3n) is 16.5. The minimum Gasteiger partial charge on any atom is -0.444 e. The summed E-state index contributed by atoms with van der Waals surface area (Å²) in [4.78, 5) is 87.3. The molecule has 6 heterocycles. The van der Waals surface area contributed by atoms with Crippen molar-refractivity contribution in [2.24, 2.45) is 0 Å². The molecular weight excluding hydrogens is 1010 g/mol. The molecule has 4 saturated heterocycles. The average Bonchev–Trinajstić information content (AvgIpc) is 4.45. The first-order valence-corrected chi connectivity index (χ1v) is 28.6. The summed E-state index contributed by atoms with van der Waals surface area (Å²) in [5.74, 6) is -0.963. The standard InChI is InChI=1S/C58H78N12O9/c1-57(2,3)78-55(75)61-47-25-21-39(29-41-23-27-49(69(41)53(47)73)51(71)59-45-19-11-15-35-13-7-9-17-43(35)45)67-31-37(63-65-67)33-77-34-38-32-68(66-64-38)40-22-26-48(62-56(76)79-58(4,5)6)54(74)70-42(30-40)24-28-50(70)52(72)60-46-20-12-16-36-14-8-10-18-44(36)46/h7-10,13-14,17-18,31-32,39-42,45-50H,11-12,15-16,19-30,33-34H2,1-6H3,(H,59,71)(H,60,72)(H,61,75)(H,62,76)/t39?,40?,41-,42-,45-,46-,47+,48+,49+,50+/m1/s1. The lowest BCUT2D eigenvalue weighted by atomic mass is 9.87. The van der Waals surface area contributed by atoms with Gasteiger partial charge in [0.25, 0.3) is 0 Å². The Morgan fingerprint density at radius 3 is 1.34 bits per heavy atom. The van der Waals surface area contributed by atoms with Crippen molar-refractivity contribution < 1.29 is 43.0 Å². The molecule has 0 bridgehead atoms. The van der Waals surface area contributed by atoms with Gasteiger partial charge in [-0.15, -0.1) is 10.2 Å². The Labute approximate surface area is 462 Å². The monoisotopic (exact) mass is 1090 g/mol. The van der Waals surface area contributed by atoms with Crippen molar-refractivity contribution in [2.45, 2.75) is 229 Å². The third kappa shape index (κ3) is 13.1. The van der Waals surface area contributed by atoms with Crippen LogP contribution in [0, 0.1) is 0 Å². The fourth-order valence-corrected chi connectivity index (χ4v) is 13.0. The molecule has 4 aliphatic heterocycles. The number of nitrogens with zero attached hydrogens (tertiary/aromatic N) is 8. The van der Waals surface area contributed by atoms with Crippen molar-refractivity contribution in [3.63, 3.8) is 0 Å². The predicted octanol–water partition coefficient (Wildman–Crippen LogP) is 6.93. The van der Waals surface area contributed by atoms with E-state index < -0.39 is 47.6 Å². The molecule has 2 aromatic carbocycles. The van der Waals surface area contributed by atoms with Crippen LogP contribution in [0.25, 0.3) is 0 Å². The Morgan fingerprint density at radius 2 is 0.924 bits per heavy atom. The van der Waals surface area contributed by atoms with Crippen LogP contribution in [0.4, 0.5) is 9.59 Å². The lowest BCUT2D eigenvalue weighted by Crippen LogP contribution is -2.57. The molecule has 4 N–H and O–H groups in total. The fraction of sp³-hybridized carbons (Fsp3) is 0.621. The first kappa shape index (κ1) is 55.4. The van der Waals surface area contributed by atoms with Gasteiger partial charge in [-0.25, -0.2) is 19.0 Å². The van der Waals surface area contributed by atoms with E-state index in [0.717, 1.165) is 49.7 Å². The molecule has 424 valence electrons. The van der Waals surface area contributed by atoms with Gasteiger partial charge in [0, 0.05) is 12.1 Å². The summed E-state index contributed by atoms with van der Waals surface area (Å²) in [5, 5.41) is 30.3. The molecule has 10 atom stereocenters. The quantitative estimate of drug-likeness (QED) is 0.113. The summed E-state index contributed by atoms with van der Waals surface area (Å²) in [6, 6.07) is 11.9. The van der Waals surface area contributed by atoms with E-state index in [2.05, 4.69) is 66.2 Å². The molecule has 2 aromatic heterocycles. The van der Waals surface area contributed by atoms with Crippen LogP contribution in [0.1, 0.15) is 189 Å².